The molecule has 1 unspecified atom stereocenters. The van der Waals surface area contributed by atoms with Crippen LogP contribution in [0.1, 0.15) is 24.0 Å². The fourth-order valence-corrected chi connectivity index (χ4v) is 2.99. The van der Waals surface area contributed by atoms with Gasteiger partial charge in [0.25, 0.3) is 0 Å². The molecule has 0 aromatic heterocycles. The third-order valence-corrected chi connectivity index (χ3v) is 4.58. The van der Waals surface area contributed by atoms with E-state index >= 15 is 0 Å². The highest BCUT2D eigenvalue weighted by Crippen LogP contribution is 2.28. The Bertz CT molecular complexity index is 688. The highest BCUT2D eigenvalue weighted by molar-refractivity contribution is 5.27. The summed E-state index contributed by atoms with van der Waals surface area (Å²) in [7, 11) is 1.66. The zero-order valence-electron chi connectivity index (χ0n) is 15.1. The Morgan fingerprint density at radius 3 is 2.54 bits per heavy atom. The van der Waals surface area contributed by atoms with E-state index in [1.54, 1.807) is 25.3 Å². The van der Waals surface area contributed by atoms with Gasteiger partial charge in [-0.05, 0) is 36.6 Å². The van der Waals surface area contributed by atoms with Crippen LogP contribution >= 0.6 is 0 Å². The second kappa shape index (κ2) is 9.12. The van der Waals surface area contributed by atoms with E-state index in [2.05, 4.69) is 17.0 Å². The summed E-state index contributed by atoms with van der Waals surface area (Å²) in [4.78, 5) is 2.29. The van der Waals surface area contributed by atoms with E-state index in [1.807, 2.05) is 12.1 Å². The fourth-order valence-electron chi connectivity index (χ4n) is 2.99. The molecule has 1 aliphatic carbocycles. The lowest BCUT2D eigenvalue weighted by molar-refractivity contribution is 0.00632. The van der Waals surface area contributed by atoms with Gasteiger partial charge >= 0.3 is 0 Å². The minimum absolute atomic E-state index is 0.172. The molecule has 26 heavy (non-hydrogen) atoms. The van der Waals surface area contributed by atoms with Gasteiger partial charge < -0.3 is 14.6 Å². The number of benzene rings is 2. The van der Waals surface area contributed by atoms with Gasteiger partial charge in [0.15, 0.2) is 0 Å². The molecule has 5 heteroatoms. The summed E-state index contributed by atoms with van der Waals surface area (Å²) in [6, 6.07) is 15.1. The van der Waals surface area contributed by atoms with Crippen LogP contribution in [0, 0.1) is 5.82 Å². The molecule has 2 aromatic rings. The van der Waals surface area contributed by atoms with E-state index in [1.165, 1.54) is 24.5 Å². The maximum atomic E-state index is 13.6. The summed E-state index contributed by atoms with van der Waals surface area (Å²) in [5.41, 5.74) is 1.70. The van der Waals surface area contributed by atoms with Crippen molar-refractivity contribution in [1.82, 2.24) is 4.90 Å². The number of halogens is 1. The first-order valence-electron chi connectivity index (χ1n) is 9.02. The van der Waals surface area contributed by atoms with Gasteiger partial charge in [-0.3, -0.25) is 4.90 Å². The van der Waals surface area contributed by atoms with Crippen LogP contribution in [0.2, 0.25) is 0 Å². The molecule has 2 aromatic carbocycles. The van der Waals surface area contributed by atoms with Gasteiger partial charge in [-0.25, -0.2) is 4.39 Å². The zero-order chi connectivity index (χ0) is 18.4. The van der Waals surface area contributed by atoms with Crippen LogP contribution in [0.15, 0.2) is 48.5 Å². The lowest BCUT2D eigenvalue weighted by Crippen LogP contribution is -2.36. The van der Waals surface area contributed by atoms with E-state index < -0.39 is 6.10 Å². The maximum Gasteiger partial charge on any atom is 0.128 e. The molecule has 0 radical (unpaired) electrons. The number of nitrogens with zero attached hydrogens (tertiary/aromatic N) is 1. The molecule has 0 heterocycles. The van der Waals surface area contributed by atoms with Crippen LogP contribution < -0.4 is 4.74 Å². The molecule has 0 saturated heterocycles. The Hall–Kier alpha value is -1.95. The second-order valence-electron chi connectivity index (χ2n) is 6.77. The summed E-state index contributed by atoms with van der Waals surface area (Å²) >= 11 is 0. The standard InChI is InChI=1S/C21H26FNO3/c1-25-20-10-6-16(7-11-20)12-23(18-8-9-18)13-19(24)15-26-14-17-4-2-3-5-21(17)22/h2-7,10-11,18-19,24H,8-9,12-15H2,1H3. The predicted molar refractivity (Wildman–Crippen MR) is 98.5 cm³/mol. The van der Waals surface area contributed by atoms with Crippen LogP contribution in [0.3, 0.4) is 0 Å². The molecule has 4 nitrogen and oxygen atoms in total. The van der Waals surface area contributed by atoms with Crippen LogP contribution in [0.25, 0.3) is 0 Å². The molecule has 0 aliphatic heterocycles. The molecule has 0 amide bonds. The number of methoxy groups -OCH3 is 1. The summed E-state index contributed by atoms with van der Waals surface area (Å²) in [5.74, 6) is 0.564. The molecule has 1 aliphatic rings. The minimum Gasteiger partial charge on any atom is -0.497 e. The Balaban J connectivity index is 1.47. The normalized spacial score (nSPS) is 15.2. The zero-order valence-corrected chi connectivity index (χ0v) is 15.1. The molecule has 0 spiro atoms. The number of hydrogen-bond donors (Lipinski definition) is 1. The van der Waals surface area contributed by atoms with Crippen molar-refractivity contribution in [2.45, 2.75) is 38.1 Å². The van der Waals surface area contributed by atoms with Gasteiger partial charge in [-0.15, -0.1) is 0 Å². The van der Waals surface area contributed by atoms with E-state index in [-0.39, 0.29) is 19.0 Å². The average molecular weight is 359 g/mol. The quantitative estimate of drug-likeness (QED) is 0.706. The molecule has 140 valence electrons. The highest BCUT2D eigenvalue weighted by Gasteiger charge is 2.30. The van der Waals surface area contributed by atoms with Crippen molar-refractivity contribution in [2.75, 3.05) is 20.3 Å². The van der Waals surface area contributed by atoms with Gasteiger partial charge in [-0.1, -0.05) is 30.3 Å². The smallest absolute Gasteiger partial charge is 0.128 e. The lowest BCUT2D eigenvalue weighted by atomic mass is 10.2. The molecule has 3 rings (SSSR count). The second-order valence-corrected chi connectivity index (χ2v) is 6.77. The molecular weight excluding hydrogens is 333 g/mol. The van der Waals surface area contributed by atoms with Gasteiger partial charge in [0.1, 0.15) is 11.6 Å². The summed E-state index contributed by atoms with van der Waals surface area (Å²) in [5, 5.41) is 10.3. The van der Waals surface area contributed by atoms with E-state index in [0.29, 0.717) is 18.2 Å². The Kier molecular flexibility index (Phi) is 6.61. The van der Waals surface area contributed by atoms with Crippen LogP contribution in [0.5, 0.6) is 5.75 Å². The van der Waals surface area contributed by atoms with Crippen molar-refractivity contribution in [3.63, 3.8) is 0 Å². The van der Waals surface area contributed by atoms with Gasteiger partial charge in [0.2, 0.25) is 0 Å². The van der Waals surface area contributed by atoms with Crippen LogP contribution in [-0.4, -0.2) is 42.4 Å². The first-order valence-corrected chi connectivity index (χ1v) is 9.02. The monoisotopic (exact) mass is 359 g/mol. The van der Waals surface area contributed by atoms with Crippen molar-refractivity contribution in [1.29, 1.82) is 0 Å². The van der Waals surface area contributed by atoms with Gasteiger partial charge in [0, 0.05) is 24.7 Å². The third kappa shape index (κ3) is 5.53. The van der Waals surface area contributed by atoms with Crippen molar-refractivity contribution in [3.8, 4) is 5.75 Å². The first kappa shape index (κ1) is 18.8. The summed E-state index contributed by atoms with van der Waals surface area (Å²) in [6.45, 7) is 1.71. The molecule has 1 atom stereocenters. The topological polar surface area (TPSA) is 41.9 Å². The number of ether oxygens (including phenoxy) is 2. The predicted octanol–water partition coefficient (Wildman–Crippen LogP) is 3.38. The van der Waals surface area contributed by atoms with Crippen molar-refractivity contribution in [3.05, 3.63) is 65.5 Å². The van der Waals surface area contributed by atoms with Crippen molar-refractivity contribution in [2.24, 2.45) is 0 Å². The number of rotatable bonds is 10. The Labute approximate surface area is 154 Å². The third-order valence-electron chi connectivity index (χ3n) is 4.58. The molecule has 0 bridgehead atoms. The fraction of sp³-hybridized carbons (Fsp3) is 0.429. The number of aliphatic hydroxyl groups excluding tert-OH is 1. The molecule has 1 saturated carbocycles. The molecule has 1 fully saturated rings. The van der Waals surface area contributed by atoms with Crippen LogP contribution in [-0.2, 0) is 17.9 Å². The van der Waals surface area contributed by atoms with E-state index in [4.69, 9.17) is 9.47 Å². The van der Waals surface area contributed by atoms with Crippen molar-refractivity contribution < 1.29 is 19.0 Å². The lowest BCUT2D eigenvalue weighted by Gasteiger charge is -2.25. The average Bonchev–Trinajstić information content (AvgIpc) is 3.48. The highest BCUT2D eigenvalue weighted by atomic mass is 19.1. The molecule has 1 N–H and O–H groups in total. The number of hydrogen-bond acceptors (Lipinski definition) is 4. The Morgan fingerprint density at radius 2 is 1.88 bits per heavy atom. The maximum absolute atomic E-state index is 13.6. The van der Waals surface area contributed by atoms with E-state index in [9.17, 15) is 9.50 Å². The molecular formula is C21H26FNO3. The Morgan fingerprint density at radius 1 is 1.15 bits per heavy atom. The summed E-state index contributed by atoms with van der Waals surface area (Å²) < 4.78 is 24.3. The number of aliphatic hydroxyl groups is 1. The largest absolute Gasteiger partial charge is 0.497 e. The van der Waals surface area contributed by atoms with Crippen LogP contribution in [0.4, 0.5) is 4.39 Å². The van der Waals surface area contributed by atoms with Gasteiger partial charge in [0.05, 0.1) is 26.4 Å². The SMILES string of the molecule is COc1ccc(CN(CC(O)COCc2ccccc2F)C2CC2)cc1. The van der Waals surface area contributed by atoms with E-state index in [0.717, 1.165) is 12.3 Å². The van der Waals surface area contributed by atoms with Crippen molar-refractivity contribution >= 4 is 0 Å². The van der Waals surface area contributed by atoms with Gasteiger partial charge in [-0.2, -0.15) is 0 Å². The first-order chi connectivity index (χ1) is 12.7. The summed E-state index contributed by atoms with van der Waals surface area (Å²) in [6.07, 6.45) is 1.73. The minimum atomic E-state index is -0.597.